The number of carbonyl (C=O) groups excluding carboxylic acids is 1. The molecule has 32 heavy (non-hydrogen) atoms. The monoisotopic (exact) mass is 435 g/mol. The predicted molar refractivity (Wildman–Crippen MR) is 111 cm³/mol. The Morgan fingerprint density at radius 2 is 1.88 bits per heavy atom. The fraction of sp³-hybridized carbons (Fsp3) is 0.130. The van der Waals surface area contributed by atoms with Crippen LogP contribution in [0, 0.1) is 17.1 Å². The molecule has 0 fully saturated rings. The molecule has 6 nitrogen and oxygen atoms in total. The van der Waals surface area contributed by atoms with E-state index in [1.54, 1.807) is 24.3 Å². The fourth-order valence-corrected chi connectivity index (χ4v) is 3.65. The minimum Gasteiger partial charge on any atom is -0.369 e. The van der Waals surface area contributed by atoms with Crippen molar-refractivity contribution in [2.24, 2.45) is 10.7 Å². The Hall–Kier alpha value is -4.19. The number of aromatic nitrogens is 1. The second-order valence-electron chi connectivity index (χ2n) is 7.21. The largest absolute Gasteiger partial charge is 0.369 e. The number of pyridine rings is 1. The number of halogens is 3. The van der Waals surface area contributed by atoms with Crippen LogP contribution < -0.4 is 5.73 Å². The van der Waals surface area contributed by atoms with Gasteiger partial charge in [0.05, 0.1) is 17.3 Å². The summed E-state index contributed by atoms with van der Waals surface area (Å²) in [4.78, 5) is 22.7. The van der Waals surface area contributed by atoms with Crippen molar-refractivity contribution in [2.45, 2.75) is 12.0 Å². The Labute approximate surface area is 181 Å². The Bertz CT molecular complexity index is 1300. The van der Waals surface area contributed by atoms with Gasteiger partial charge in [-0.15, -0.1) is 0 Å². The molecule has 0 radical (unpaired) electrons. The molecule has 1 amide bonds. The second kappa shape index (κ2) is 7.81. The number of likely N-dealkylation sites (N-methyl/N-ethyl adjacent to an activating group) is 1. The highest BCUT2D eigenvalue weighted by atomic mass is 19.3. The van der Waals surface area contributed by atoms with Gasteiger partial charge in [-0.3, -0.25) is 14.7 Å². The van der Waals surface area contributed by atoms with Crippen LogP contribution in [0.3, 0.4) is 0 Å². The normalized spacial score (nSPS) is 18.1. The molecular weight excluding hydrogens is 419 g/mol. The molecule has 0 bridgehead atoms. The predicted octanol–water partition coefficient (Wildman–Crippen LogP) is 3.73. The second-order valence-corrected chi connectivity index (χ2v) is 7.21. The van der Waals surface area contributed by atoms with Gasteiger partial charge in [0, 0.05) is 24.4 Å². The molecule has 0 saturated heterocycles. The van der Waals surface area contributed by atoms with E-state index in [0.29, 0.717) is 16.7 Å². The summed E-state index contributed by atoms with van der Waals surface area (Å²) in [6, 6.07) is 14.8. The molecule has 4 rings (SSSR count). The van der Waals surface area contributed by atoms with Crippen LogP contribution in [-0.2, 0) is 10.3 Å². The highest BCUT2D eigenvalue weighted by Gasteiger charge is 2.52. The van der Waals surface area contributed by atoms with E-state index in [2.05, 4.69) is 9.98 Å². The van der Waals surface area contributed by atoms with Crippen molar-refractivity contribution in [1.29, 1.82) is 5.26 Å². The molecule has 2 N–H and O–H groups in total. The number of carbonyl (C=O) groups is 1. The van der Waals surface area contributed by atoms with Crippen molar-refractivity contribution in [1.82, 2.24) is 9.88 Å². The molecular formula is C23H16F3N5O. The zero-order valence-corrected chi connectivity index (χ0v) is 16.8. The average molecular weight is 435 g/mol. The van der Waals surface area contributed by atoms with E-state index in [1.165, 1.54) is 19.2 Å². The number of guanidine groups is 1. The molecule has 2 heterocycles. The Balaban J connectivity index is 1.99. The molecule has 0 saturated carbocycles. The third-order valence-corrected chi connectivity index (χ3v) is 5.33. The van der Waals surface area contributed by atoms with Crippen molar-refractivity contribution in [3.63, 3.8) is 0 Å². The van der Waals surface area contributed by atoms with E-state index in [1.807, 2.05) is 6.07 Å². The van der Waals surface area contributed by atoms with E-state index in [9.17, 15) is 18.8 Å². The maximum atomic E-state index is 15.2. The van der Waals surface area contributed by atoms with Crippen LogP contribution >= 0.6 is 0 Å². The smallest absolute Gasteiger partial charge is 0.268 e. The number of hydrogen-bond acceptors (Lipinski definition) is 5. The van der Waals surface area contributed by atoms with Gasteiger partial charge in [-0.2, -0.15) is 5.26 Å². The number of amides is 1. The molecule has 2 aromatic carbocycles. The SMILES string of the molecule is CN1C(=O)C(c2cc(C(F)F)ccn2)(c2cc(-c3cccc(C#N)c3)ccc2F)N=C1N. The first-order valence-corrected chi connectivity index (χ1v) is 9.46. The summed E-state index contributed by atoms with van der Waals surface area (Å²) < 4.78 is 41.9. The molecule has 1 atom stereocenters. The molecule has 1 aromatic heterocycles. The molecule has 1 aliphatic rings. The molecule has 9 heteroatoms. The van der Waals surface area contributed by atoms with Crippen LogP contribution in [0.1, 0.15) is 28.8 Å². The number of aliphatic imine (C=N–C) groups is 1. The summed E-state index contributed by atoms with van der Waals surface area (Å²) in [7, 11) is 1.36. The summed E-state index contributed by atoms with van der Waals surface area (Å²) >= 11 is 0. The highest BCUT2D eigenvalue weighted by Crippen LogP contribution is 2.41. The number of alkyl halides is 2. The number of nitrogens with two attached hydrogens (primary N) is 1. The van der Waals surface area contributed by atoms with Crippen LogP contribution in [0.25, 0.3) is 11.1 Å². The van der Waals surface area contributed by atoms with Crippen LogP contribution in [0.15, 0.2) is 65.8 Å². The Kier molecular flexibility index (Phi) is 5.14. The summed E-state index contributed by atoms with van der Waals surface area (Å²) in [6.45, 7) is 0. The molecule has 0 spiro atoms. The minimum atomic E-state index is -2.82. The average Bonchev–Trinajstić information content (AvgIpc) is 3.04. The van der Waals surface area contributed by atoms with Gasteiger partial charge in [0.25, 0.3) is 12.3 Å². The molecule has 160 valence electrons. The van der Waals surface area contributed by atoms with Crippen molar-refractivity contribution in [2.75, 3.05) is 7.05 Å². The zero-order valence-electron chi connectivity index (χ0n) is 16.8. The molecule has 3 aromatic rings. The quantitative estimate of drug-likeness (QED) is 0.676. The highest BCUT2D eigenvalue weighted by molar-refractivity contribution is 6.08. The van der Waals surface area contributed by atoms with E-state index in [-0.39, 0.29) is 22.8 Å². The van der Waals surface area contributed by atoms with E-state index >= 15 is 4.39 Å². The Morgan fingerprint density at radius 3 is 2.53 bits per heavy atom. The van der Waals surface area contributed by atoms with Gasteiger partial charge >= 0.3 is 0 Å². The van der Waals surface area contributed by atoms with Gasteiger partial charge in [0.2, 0.25) is 5.54 Å². The maximum Gasteiger partial charge on any atom is 0.268 e. The lowest BCUT2D eigenvalue weighted by Gasteiger charge is -2.26. The van der Waals surface area contributed by atoms with Gasteiger partial charge in [-0.25, -0.2) is 18.2 Å². The first kappa shape index (κ1) is 21.1. The maximum absolute atomic E-state index is 15.2. The van der Waals surface area contributed by atoms with Crippen molar-refractivity contribution < 1.29 is 18.0 Å². The van der Waals surface area contributed by atoms with E-state index < -0.39 is 23.7 Å². The molecule has 1 aliphatic heterocycles. The molecule has 1 unspecified atom stereocenters. The summed E-state index contributed by atoms with van der Waals surface area (Å²) in [5, 5.41) is 9.17. The summed E-state index contributed by atoms with van der Waals surface area (Å²) in [5.41, 5.74) is 4.56. The third kappa shape index (κ3) is 3.26. The molecule has 0 aliphatic carbocycles. The summed E-state index contributed by atoms with van der Waals surface area (Å²) in [5.74, 6) is -1.71. The lowest BCUT2D eigenvalue weighted by atomic mass is 9.83. The topological polar surface area (TPSA) is 95.4 Å². The van der Waals surface area contributed by atoms with Crippen LogP contribution in [-0.4, -0.2) is 28.8 Å². The van der Waals surface area contributed by atoms with Gasteiger partial charge < -0.3 is 5.73 Å². The lowest BCUT2D eigenvalue weighted by Crippen LogP contribution is -2.42. The van der Waals surface area contributed by atoms with Crippen molar-refractivity contribution >= 4 is 11.9 Å². The van der Waals surface area contributed by atoms with Gasteiger partial charge in [0.15, 0.2) is 5.96 Å². The van der Waals surface area contributed by atoms with E-state index in [0.717, 1.165) is 29.3 Å². The van der Waals surface area contributed by atoms with Crippen LogP contribution in [0.4, 0.5) is 13.2 Å². The zero-order chi connectivity index (χ0) is 23.0. The Morgan fingerprint density at radius 1 is 1.12 bits per heavy atom. The number of hydrogen-bond donors (Lipinski definition) is 1. The number of nitrogens with zero attached hydrogens (tertiary/aromatic N) is 4. The van der Waals surface area contributed by atoms with Crippen molar-refractivity contribution in [3.05, 3.63) is 89.0 Å². The lowest BCUT2D eigenvalue weighted by molar-refractivity contribution is -0.129. The van der Waals surface area contributed by atoms with Gasteiger partial charge in [-0.05, 0) is 47.5 Å². The minimum absolute atomic E-state index is 0.172. The van der Waals surface area contributed by atoms with Gasteiger partial charge in [0.1, 0.15) is 5.82 Å². The third-order valence-electron chi connectivity index (χ3n) is 5.33. The van der Waals surface area contributed by atoms with Crippen LogP contribution in [0.2, 0.25) is 0 Å². The number of nitriles is 1. The van der Waals surface area contributed by atoms with Gasteiger partial charge in [-0.1, -0.05) is 18.2 Å². The van der Waals surface area contributed by atoms with E-state index in [4.69, 9.17) is 5.73 Å². The first-order chi connectivity index (χ1) is 15.3. The number of rotatable bonds is 4. The van der Waals surface area contributed by atoms with Crippen LogP contribution in [0.5, 0.6) is 0 Å². The first-order valence-electron chi connectivity index (χ1n) is 9.46. The van der Waals surface area contributed by atoms with Crippen molar-refractivity contribution in [3.8, 4) is 17.2 Å². The summed E-state index contributed by atoms with van der Waals surface area (Å²) in [6.07, 6.45) is -1.71. The fourth-order valence-electron chi connectivity index (χ4n) is 3.65. The standard InChI is InChI=1S/C23H16F3N5O/c1-31-21(32)23(30-22(31)28,19-11-16(20(25)26)7-8-29-19)17-10-15(5-6-18(17)24)14-4-2-3-13(9-14)12-27/h2-11,20H,1H3,(H2,28,30). The number of benzene rings is 2.